The van der Waals surface area contributed by atoms with E-state index in [0.717, 1.165) is 24.8 Å². The van der Waals surface area contributed by atoms with Crippen LogP contribution in [0.2, 0.25) is 0 Å². The van der Waals surface area contributed by atoms with Crippen molar-refractivity contribution in [2.45, 2.75) is 6.54 Å². The van der Waals surface area contributed by atoms with Gasteiger partial charge in [-0.25, -0.2) is 9.78 Å². The van der Waals surface area contributed by atoms with Crippen LogP contribution in [0.5, 0.6) is 0 Å². The number of amides is 4. The van der Waals surface area contributed by atoms with Crippen LogP contribution >= 0.6 is 38.6 Å². The van der Waals surface area contributed by atoms with Gasteiger partial charge in [0.05, 0.1) is 18.0 Å². The van der Waals surface area contributed by atoms with Crippen LogP contribution in [0.3, 0.4) is 0 Å². The smallest absolute Gasteiger partial charge is 0.324 e. The Labute approximate surface area is 176 Å². The highest BCUT2D eigenvalue weighted by Crippen LogP contribution is 2.32. The van der Waals surface area contributed by atoms with Crippen molar-refractivity contribution in [2.75, 3.05) is 11.9 Å². The summed E-state index contributed by atoms with van der Waals surface area (Å²) in [5, 5.41) is 9.76. The number of imide groups is 1. The van der Waals surface area contributed by atoms with Crippen molar-refractivity contribution in [2.24, 2.45) is 0 Å². The number of rotatable bonds is 5. The summed E-state index contributed by atoms with van der Waals surface area (Å²) in [6, 6.07) is 8.60. The number of thiophene rings is 1. The van der Waals surface area contributed by atoms with Crippen molar-refractivity contribution < 1.29 is 14.4 Å². The van der Waals surface area contributed by atoms with E-state index < -0.39 is 6.03 Å². The van der Waals surface area contributed by atoms with E-state index in [9.17, 15) is 14.4 Å². The van der Waals surface area contributed by atoms with Gasteiger partial charge >= 0.3 is 6.03 Å². The molecule has 0 saturated carbocycles. The third-order valence-electron chi connectivity index (χ3n) is 3.98. The lowest BCUT2D eigenvalue weighted by atomic mass is 10.2. The number of aromatic nitrogens is 1. The molecule has 0 bridgehead atoms. The molecular weight excluding hydrogens is 464 g/mol. The molecule has 3 heterocycles. The lowest BCUT2D eigenvalue weighted by Crippen LogP contribution is -2.30. The van der Waals surface area contributed by atoms with Gasteiger partial charge in [0.25, 0.3) is 5.91 Å². The van der Waals surface area contributed by atoms with E-state index in [0.29, 0.717) is 11.4 Å². The SMILES string of the molecule is O=C(Nc1cccc(CN2C(=O)CNC2=O)c1)c1csc(-c2cc(Br)cs2)n1. The quantitative estimate of drug-likeness (QED) is 0.545. The van der Waals surface area contributed by atoms with Crippen molar-refractivity contribution in [3.8, 4) is 9.88 Å². The molecule has 4 rings (SSSR count). The number of anilines is 1. The van der Waals surface area contributed by atoms with Crippen molar-refractivity contribution in [3.05, 3.63) is 56.8 Å². The monoisotopic (exact) mass is 476 g/mol. The second kappa shape index (κ2) is 7.82. The summed E-state index contributed by atoms with van der Waals surface area (Å²) in [6.45, 7) is 0.171. The van der Waals surface area contributed by atoms with E-state index in [2.05, 4.69) is 31.5 Å². The van der Waals surface area contributed by atoms with Gasteiger partial charge in [0, 0.05) is 20.9 Å². The number of nitrogens with zero attached hydrogens (tertiary/aromatic N) is 2. The normalized spacial score (nSPS) is 13.7. The average molecular weight is 477 g/mol. The van der Waals surface area contributed by atoms with E-state index in [1.54, 1.807) is 41.0 Å². The number of nitrogens with one attached hydrogen (secondary N) is 2. The number of hydrogen-bond acceptors (Lipinski definition) is 6. The highest BCUT2D eigenvalue weighted by atomic mass is 79.9. The van der Waals surface area contributed by atoms with Crippen LogP contribution in [0.15, 0.2) is 45.6 Å². The molecule has 0 spiro atoms. The van der Waals surface area contributed by atoms with E-state index >= 15 is 0 Å². The maximum Gasteiger partial charge on any atom is 0.324 e. The Hall–Kier alpha value is -2.56. The predicted octanol–water partition coefficient (Wildman–Crippen LogP) is 3.94. The van der Waals surface area contributed by atoms with Crippen LogP contribution in [-0.4, -0.2) is 34.3 Å². The topological polar surface area (TPSA) is 91.4 Å². The van der Waals surface area contributed by atoms with Gasteiger partial charge in [-0.15, -0.1) is 22.7 Å². The molecule has 142 valence electrons. The number of halogens is 1. The van der Waals surface area contributed by atoms with Gasteiger partial charge < -0.3 is 10.6 Å². The van der Waals surface area contributed by atoms with E-state index in [4.69, 9.17) is 0 Å². The van der Waals surface area contributed by atoms with Gasteiger partial charge in [0.15, 0.2) is 0 Å². The zero-order valence-electron chi connectivity index (χ0n) is 14.3. The molecule has 1 aromatic carbocycles. The molecule has 1 saturated heterocycles. The Balaban J connectivity index is 1.45. The fourth-order valence-electron chi connectivity index (χ4n) is 2.66. The third kappa shape index (κ3) is 3.98. The molecule has 28 heavy (non-hydrogen) atoms. The fourth-order valence-corrected chi connectivity index (χ4v) is 4.96. The van der Waals surface area contributed by atoms with Crippen LogP contribution in [-0.2, 0) is 11.3 Å². The largest absolute Gasteiger partial charge is 0.329 e. The Morgan fingerprint density at radius 2 is 2.11 bits per heavy atom. The molecular formula is C18H13BrN4O3S2. The van der Waals surface area contributed by atoms with E-state index in [1.165, 1.54) is 11.3 Å². The van der Waals surface area contributed by atoms with E-state index in [-0.39, 0.29) is 24.9 Å². The summed E-state index contributed by atoms with van der Waals surface area (Å²) in [5.74, 6) is -0.583. The van der Waals surface area contributed by atoms with Crippen LogP contribution in [0.25, 0.3) is 9.88 Å². The van der Waals surface area contributed by atoms with Gasteiger partial charge in [-0.1, -0.05) is 12.1 Å². The van der Waals surface area contributed by atoms with Crippen molar-refractivity contribution >= 4 is 62.1 Å². The second-order valence-corrected chi connectivity index (χ2v) is 8.65. The van der Waals surface area contributed by atoms with Crippen molar-refractivity contribution in [3.63, 3.8) is 0 Å². The number of benzene rings is 1. The zero-order chi connectivity index (χ0) is 19.7. The zero-order valence-corrected chi connectivity index (χ0v) is 17.5. The lowest BCUT2D eigenvalue weighted by molar-refractivity contribution is -0.125. The Bertz CT molecular complexity index is 1060. The molecule has 0 unspecified atom stereocenters. The maximum atomic E-state index is 12.5. The molecule has 4 amide bonds. The minimum atomic E-state index is -0.408. The number of carbonyl (C=O) groups excluding carboxylic acids is 3. The minimum Gasteiger partial charge on any atom is -0.329 e. The number of thiazole rings is 1. The van der Waals surface area contributed by atoms with Crippen molar-refractivity contribution in [1.29, 1.82) is 0 Å². The summed E-state index contributed by atoms with van der Waals surface area (Å²) in [6.07, 6.45) is 0. The van der Waals surface area contributed by atoms with Gasteiger partial charge in [0.2, 0.25) is 5.91 Å². The first-order chi connectivity index (χ1) is 13.5. The first kappa shape index (κ1) is 18.8. The number of hydrogen-bond donors (Lipinski definition) is 2. The van der Waals surface area contributed by atoms with Crippen LogP contribution < -0.4 is 10.6 Å². The van der Waals surface area contributed by atoms with Gasteiger partial charge in [-0.2, -0.15) is 0 Å². The molecule has 10 heteroatoms. The minimum absolute atomic E-state index is 0.0161. The fraction of sp³-hybridized carbons (Fsp3) is 0.111. The second-order valence-electron chi connectivity index (χ2n) is 5.96. The standard InChI is InChI=1S/C18H13BrN4O3S2/c19-11-5-14(27-8-11)17-22-13(9-28-17)16(25)21-12-3-1-2-10(4-12)7-23-15(24)6-20-18(23)26/h1-5,8-9H,6-7H2,(H,20,26)(H,21,25). The van der Waals surface area contributed by atoms with Gasteiger partial charge in [-0.3, -0.25) is 14.5 Å². The maximum absolute atomic E-state index is 12.5. The average Bonchev–Trinajstić information content (AvgIpc) is 3.39. The number of carbonyl (C=O) groups is 3. The molecule has 0 radical (unpaired) electrons. The van der Waals surface area contributed by atoms with Crippen LogP contribution in [0.1, 0.15) is 16.1 Å². The first-order valence-electron chi connectivity index (χ1n) is 8.18. The molecule has 0 aliphatic carbocycles. The molecule has 2 aromatic heterocycles. The van der Waals surface area contributed by atoms with Gasteiger partial charge in [-0.05, 0) is 39.7 Å². The number of urea groups is 1. The van der Waals surface area contributed by atoms with Crippen LogP contribution in [0, 0.1) is 0 Å². The molecule has 1 aliphatic heterocycles. The molecule has 1 fully saturated rings. The lowest BCUT2D eigenvalue weighted by Gasteiger charge is -2.13. The molecule has 0 atom stereocenters. The predicted molar refractivity (Wildman–Crippen MR) is 111 cm³/mol. The molecule has 1 aliphatic rings. The Morgan fingerprint density at radius 1 is 1.25 bits per heavy atom. The van der Waals surface area contributed by atoms with Gasteiger partial charge in [0.1, 0.15) is 10.7 Å². The Morgan fingerprint density at radius 3 is 2.82 bits per heavy atom. The highest BCUT2D eigenvalue weighted by molar-refractivity contribution is 9.10. The molecule has 7 nitrogen and oxygen atoms in total. The summed E-state index contributed by atoms with van der Waals surface area (Å²) >= 11 is 6.38. The molecule has 3 aromatic rings. The Kier molecular flexibility index (Phi) is 5.25. The highest BCUT2D eigenvalue weighted by Gasteiger charge is 2.28. The van der Waals surface area contributed by atoms with Crippen LogP contribution in [0.4, 0.5) is 10.5 Å². The summed E-state index contributed by atoms with van der Waals surface area (Å²) in [4.78, 5) is 42.5. The molecule has 2 N–H and O–H groups in total. The van der Waals surface area contributed by atoms with Crippen molar-refractivity contribution in [1.82, 2.24) is 15.2 Å². The van der Waals surface area contributed by atoms with E-state index in [1.807, 2.05) is 11.4 Å². The summed E-state index contributed by atoms with van der Waals surface area (Å²) in [7, 11) is 0. The summed E-state index contributed by atoms with van der Waals surface area (Å²) in [5.41, 5.74) is 1.65. The summed E-state index contributed by atoms with van der Waals surface area (Å²) < 4.78 is 0.982. The first-order valence-corrected chi connectivity index (χ1v) is 10.7. The third-order valence-corrected chi connectivity index (χ3v) is 6.68.